The van der Waals surface area contributed by atoms with Gasteiger partial charge in [0.1, 0.15) is 5.82 Å². The average Bonchev–Trinajstić information content (AvgIpc) is 3.87. The number of hydrogen-bond donors (Lipinski definition) is 0. The van der Waals surface area contributed by atoms with Crippen LogP contribution in [0.2, 0.25) is 0 Å². The summed E-state index contributed by atoms with van der Waals surface area (Å²) in [6, 6.07) is 75.7. The molecule has 0 fully saturated rings. The Morgan fingerprint density at radius 2 is 1.16 bits per heavy atom. The first kappa shape index (κ1) is 36.9. The quantitative estimate of drug-likeness (QED) is 0.118. The fourth-order valence-electron chi connectivity index (χ4n) is 9.24. The molecule has 2 aromatic heterocycles. The number of hydrogen-bond acceptors (Lipinski definition) is 4. The van der Waals surface area contributed by atoms with E-state index >= 15 is 0 Å². The molecule has 8 aromatic carbocycles. The van der Waals surface area contributed by atoms with Crippen LogP contribution in [0.5, 0.6) is 11.5 Å². The molecule has 0 bridgehead atoms. The number of ether oxygens (including phenoxy) is 1. The van der Waals surface area contributed by atoms with Crippen LogP contribution in [0.1, 0.15) is 0 Å². The number of fused-ring (bicyclic) bond motifs is 5. The molecule has 12 rings (SSSR count). The SMILES string of the molecule is [Pt].[c-]1c(Oc2[c-]c3c(cc2)c2ccccc2n3-c2ccccn2)ccc2c1N1[CH-]N(c3c(-c4ccccc4)cccc3-c3ccccc3)c3cccc(c31)B2c1ccccc1. The van der Waals surface area contributed by atoms with Crippen LogP contribution in [0.25, 0.3) is 49.9 Å². The Hall–Kier alpha value is -7.14. The normalized spacial score (nSPS) is 12.6. The fraction of sp³-hybridized carbons (Fsp3) is 0. The maximum Gasteiger partial charge on any atom is 0.180 e. The Bertz CT molecular complexity index is 3170. The van der Waals surface area contributed by atoms with Crippen LogP contribution in [-0.4, -0.2) is 16.3 Å². The van der Waals surface area contributed by atoms with Crippen LogP contribution in [0.4, 0.5) is 22.7 Å². The number of benzene rings is 8. The van der Waals surface area contributed by atoms with Crippen LogP contribution < -0.4 is 30.9 Å². The van der Waals surface area contributed by atoms with E-state index in [1.165, 1.54) is 10.9 Å². The van der Waals surface area contributed by atoms with E-state index in [4.69, 9.17) is 9.72 Å². The van der Waals surface area contributed by atoms with Gasteiger partial charge in [-0.25, -0.2) is 4.98 Å². The fourth-order valence-corrected chi connectivity index (χ4v) is 9.24. The summed E-state index contributed by atoms with van der Waals surface area (Å²) in [5, 5.41) is 2.23. The van der Waals surface area contributed by atoms with Gasteiger partial charge in [0.25, 0.3) is 0 Å². The summed E-state index contributed by atoms with van der Waals surface area (Å²) in [5.41, 5.74) is 14.5. The van der Waals surface area contributed by atoms with Gasteiger partial charge in [-0.3, -0.25) is 0 Å². The second-order valence-electron chi connectivity index (χ2n) is 15.2. The summed E-state index contributed by atoms with van der Waals surface area (Å²) in [6.07, 6.45) is 1.82. The zero-order valence-corrected chi connectivity index (χ0v) is 35.0. The smallest absolute Gasteiger partial charge is 0.180 e. The molecule has 7 heteroatoms. The van der Waals surface area contributed by atoms with E-state index in [1.54, 1.807) is 0 Å². The molecule has 5 nitrogen and oxygen atoms in total. The van der Waals surface area contributed by atoms with Crippen molar-refractivity contribution in [3.63, 3.8) is 0 Å². The molecule has 0 N–H and O–H groups in total. The largest absolute Gasteiger partial charge is 0.509 e. The van der Waals surface area contributed by atoms with Gasteiger partial charge in [-0.1, -0.05) is 162 Å². The summed E-state index contributed by atoms with van der Waals surface area (Å²) in [4.78, 5) is 9.40. The van der Waals surface area contributed by atoms with E-state index in [-0.39, 0.29) is 27.8 Å². The number of nitrogens with zero attached hydrogens (tertiary/aromatic N) is 4. The monoisotopic (exact) mass is 960 g/mol. The molecule has 2 aliphatic heterocycles. The summed E-state index contributed by atoms with van der Waals surface area (Å²) in [7, 11) is 0. The first-order chi connectivity index (χ1) is 29.8. The molecule has 0 atom stereocenters. The van der Waals surface area contributed by atoms with E-state index in [1.807, 2.05) is 36.5 Å². The van der Waals surface area contributed by atoms with E-state index in [9.17, 15) is 0 Å². The van der Waals surface area contributed by atoms with Crippen molar-refractivity contribution in [3.05, 3.63) is 219 Å². The molecule has 0 unspecified atom stereocenters. The van der Waals surface area contributed by atoms with Crippen LogP contribution in [0, 0.1) is 18.8 Å². The molecule has 292 valence electrons. The van der Waals surface area contributed by atoms with Crippen molar-refractivity contribution in [1.82, 2.24) is 9.55 Å². The molecule has 0 saturated heterocycles. The van der Waals surface area contributed by atoms with Gasteiger partial charge in [0.2, 0.25) is 0 Å². The van der Waals surface area contributed by atoms with Crippen molar-refractivity contribution in [3.8, 4) is 39.6 Å². The molecule has 0 spiro atoms. The average molecular weight is 961 g/mol. The third-order valence-corrected chi connectivity index (χ3v) is 11.8. The Morgan fingerprint density at radius 1 is 0.508 bits per heavy atom. The van der Waals surface area contributed by atoms with E-state index in [2.05, 4.69) is 197 Å². The van der Waals surface area contributed by atoms with E-state index < -0.39 is 0 Å². The summed E-state index contributed by atoms with van der Waals surface area (Å²) in [5.74, 6) is 2.04. The van der Waals surface area contributed by atoms with Gasteiger partial charge in [-0.2, -0.15) is 12.1 Å². The number of anilines is 4. The maximum absolute atomic E-state index is 6.74. The van der Waals surface area contributed by atoms with Crippen LogP contribution >= 0.6 is 0 Å². The number of rotatable bonds is 7. The van der Waals surface area contributed by atoms with Crippen LogP contribution in [-0.2, 0) is 21.1 Å². The van der Waals surface area contributed by atoms with Gasteiger partial charge < -0.3 is 19.1 Å². The maximum atomic E-state index is 6.74. The minimum Gasteiger partial charge on any atom is -0.509 e. The minimum absolute atomic E-state index is 0. The van der Waals surface area contributed by atoms with Crippen LogP contribution in [0.3, 0.4) is 0 Å². The molecular weight excluding hydrogens is 927 g/mol. The molecule has 0 amide bonds. The molecule has 0 saturated carbocycles. The Kier molecular flexibility index (Phi) is 9.17. The second-order valence-corrected chi connectivity index (χ2v) is 15.2. The molecule has 0 aliphatic carbocycles. The third-order valence-electron chi connectivity index (χ3n) is 11.8. The van der Waals surface area contributed by atoms with Crippen LogP contribution in [0.15, 0.2) is 200 Å². The van der Waals surface area contributed by atoms with Gasteiger partial charge in [0, 0.05) is 72.5 Å². The Labute approximate surface area is 369 Å². The zero-order valence-electron chi connectivity index (χ0n) is 32.7. The Morgan fingerprint density at radius 3 is 1.90 bits per heavy atom. The second kappa shape index (κ2) is 15.2. The first-order valence-electron chi connectivity index (χ1n) is 20.2. The summed E-state index contributed by atoms with van der Waals surface area (Å²) >= 11 is 0. The van der Waals surface area contributed by atoms with Gasteiger partial charge in [0.05, 0.1) is 0 Å². The van der Waals surface area contributed by atoms with E-state index in [0.29, 0.717) is 11.5 Å². The topological polar surface area (TPSA) is 33.5 Å². The van der Waals surface area contributed by atoms with Crippen molar-refractivity contribution in [2.75, 3.05) is 9.80 Å². The summed E-state index contributed by atoms with van der Waals surface area (Å²) < 4.78 is 8.90. The minimum atomic E-state index is -0.0130. The zero-order chi connectivity index (χ0) is 39.6. The molecule has 4 heterocycles. The van der Waals surface area contributed by atoms with Crippen molar-refractivity contribution in [2.24, 2.45) is 0 Å². The predicted molar refractivity (Wildman–Crippen MR) is 246 cm³/mol. The molecule has 61 heavy (non-hydrogen) atoms. The number of para-hydroxylation sites is 3. The standard InChI is InChI=1S/C54H34BN4O.Pt/c1-4-16-37(17-5-1)42-23-14-24-43(38-18-6-2-7-19-38)53(42)57-36-58-51-35-41(30-32-46(51)55(39-20-8-3-9-21-39)47-25-15-27-49(57)54(47)58)60-40-29-31-45-44-22-10-11-26-48(44)59(50(45)34-40)52-28-12-13-33-56-52;/h1-33,36H;/q-3;. The van der Waals surface area contributed by atoms with Crippen molar-refractivity contribution < 1.29 is 25.8 Å². The molecular formula is C54H34BN4OPt-3. The third kappa shape index (κ3) is 6.09. The first-order valence-corrected chi connectivity index (χ1v) is 20.2. The molecule has 2 aliphatic rings. The van der Waals surface area contributed by atoms with Gasteiger partial charge in [0.15, 0.2) is 6.71 Å². The molecule has 0 radical (unpaired) electrons. The van der Waals surface area contributed by atoms with Gasteiger partial charge in [-0.15, -0.1) is 47.5 Å². The van der Waals surface area contributed by atoms with Crippen molar-refractivity contribution >= 4 is 67.7 Å². The summed E-state index contributed by atoms with van der Waals surface area (Å²) in [6.45, 7) is 2.23. The van der Waals surface area contributed by atoms with Gasteiger partial charge in [-0.05, 0) is 40.8 Å². The number of pyridine rings is 1. The molecule has 10 aromatic rings. The number of aromatic nitrogens is 2. The predicted octanol–water partition coefficient (Wildman–Crippen LogP) is 11.1. The van der Waals surface area contributed by atoms with E-state index in [0.717, 1.165) is 78.1 Å². The van der Waals surface area contributed by atoms with Crippen molar-refractivity contribution in [2.45, 2.75) is 0 Å². The van der Waals surface area contributed by atoms with Gasteiger partial charge >= 0.3 is 0 Å². The van der Waals surface area contributed by atoms with Crippen molar-refractivity contribution in [1.29, 1.82) is 0 Å². The Balaban J connectivity index is 0.00000420.